The average molecular weight is 359 g/mol. The van der Waals surface area contributed by atoms with Crippen molar-refractivity contribution in [3.05, 3.63) is 52.1 Å². The number of aryl methyl sites for hydroxylation is 1. The predicted octanol–water partition coefficient (Wildman–Crippen LogP) is 3.10. The lowest BCUT2D eigenvalue weighted by atomic mass is 10.2. The van der Waals surface area contributed by atoms with Crippen LogP contribution >= 0.6 is 15.9 Å². The highest BCUT2D eigenvalue weighted by molar-refractivity contribution is 9.10. The van der Waals surface area contributed by atoms with Gasteiger partial charge in [-0.3, -0.25) is 4.79 Å². The molecule has 0 atom stereocenters. The second kappa shape index (κ2) is 7.05. The fraction of sp³-hybridized carbons (Fsp3) is 0.188. The van der Waals surface area contributed by atoms with Gasteiger partial charge in [0.25, 0.3) is 0 Å². The molecule has 0 radical (unpaired) electrons. The smallest absolute Gasteiger partial charge is 0.243 e. The molecule has 0 aliphatic carbocycles. The minimum absolute atomic E-state index is 0.126. The number of carbonyl (C=O) groups is 1. The van der Waals surface area contributed by atoms with Crippen molar-refractivity contribution >= 4 is 33.3 Å². The Hall–Kier alpha value is -2.39. The number of hydrogen-bond donors (Lipinski definition) is 1. The summed E-state index contributed by atoms with van der Waals surface area (Å²) in [5.74, 6) is 0.515. The highest BCUT2D eigenvalue weighted by Crippen LogP contribution is 2.20. The van der Waals surface area contributed by atoms with E-state index in [0.29, 0.717) is 11.4 Å². The lowest BCUT2D eigenvalue weighted by molar-refractivity contribution is -0.114. The first-order chi connectivity index (χ1) is 10.5. The number of amides is 1. The van der Waals surface area contributed by atoms with Crippen molar-refractivity contribution in [1.82, 2.24) is 4.98 Å². The zero-order valence-corrected chi connectivity index (χ0v) is 13.9. The highest BCUT2D eigenvalue weighted by atomic mass is 79.9. The summed E-state index contributed by atoms with van der Waals surface area (Å²) in [5.41, 5.74) is 2.27. The van der Waals surface area contributed by atoms with Gasteiger partial charge in [0.2, 0.25) is 5.91 Å². The molecule has 6 heteroatoms. The van der Waals surface area contributed by atoms with E-state index in [4.69, 9.17) is 5.26 Å². The van der Waals surface area contributed by atoms with Gasteiger partial charge in [0, 0.05) is 23.4 Å². The molecular weight excluding hydrogens is 344 g/mol. The van der Waals surface area contributed by atoms with Crippen LogP contribution in [0.3, 0.4) is 0 Å². The second-order valence-electron chi connectivity index (χ2n) is 4.88. The van der Waals surface area contributed by atoms with Crippen LogP contribution in [0.5, 0.6) is 0 Å². The van der Waals surface area contributed by atoms with Crippen LogP contribution in [0.1, 0.15) is 11.1 Å². The monoisotopic (exact) mass is 358 g/mol. The molecule has 0 unspecified atom stereocenters. The van der Waals surface area contributed by atoms with Crippen LogP contribution in [0.4, 0.5) is 11.5 Å². The number of rotatable bonds is 4. The van der Waals surface area contributed by atoms with E-state index in [-0.39, 0.29) is 12.5 Å². The summed E-state index contributed by atoms with van der Waals surface area (Å²) in [6, 6.07) is 11.1. The lowest BCUT2D eigenvalue weighted by Gasteiger charge is -2.18. The van der Waals surface area contributed by atoms with E-state index in [0.717, 1.165) is 15.7 Å². The number of nitriles is 1. The molecule has 1 aromatic heterocycles. The van der Waals surface area contributed by atoms with Crippen LogP contribution in [0.25, 0.3) is 0 Å². The minimum Gasteiger partial charge on any atom is -0.350 e. The molecule has 0 aliphatic heterocycles. The Bertz CT molecular complexity index is 722. The molecule has 0 saturated heterocycles. The quantitative estimate of drug-likeness (QED) is 0.911. The maximum absolute atomic E-state index is 12.1. The standard InChI is InChI=1S/C16H15BrN4O/c1-11-7-13(17)4-5-14(11)20-16(22)10-21(2)15-6-3-12(8-18)9-19-15/h3-7,9H,10H2,1-2H3,(H,20,22). The van der Waals surface area contributed by atoms with Gasteiger partial charge in [0.05, 0.1) is 12.1 Å². The van der Waals surface area contributed by atoms with Crippen LogP contribution < -0.4 is 10.2 Å². The number of halogens is 1. The molecule has 1 heterocycles. The van der Waals surface area contributed by atoms with Gasteiger partial charge in [-0.2, -0.15) is 5.26 Å². The number of anilines is 2. The van der Waals surface area contributed by atoms with Crippen molar-refractivity contribution in [3.8, 4) is 6.07 Å². The third kappa shape index (κ3) is 4.06. The van der Waals surface area contributed by atoms with Crippen molar-refractivity contribution in [3.63, 3.8) is 0 Å². The largest absolute Gasteiger partial charge is 0.350 e. The van der Waals surface area contributed by atoms with Gasteiger partial charge in [-0.05, 0) is 42.8 Å². The van der Waals surface area contributed by atoms with Gasteiger partial charge in [-0.15, -0.1) is 0 Å². The highest BCUT2D eigenvalue weighted by Gasteiger charge is 2.10. The number of aromatic nitrogens is 1. The number of nitrogens with zero attached hydrogens (tertiary/aromatic N) is 3. The van der Waals surface area contributed by atoms with Gasteiger partial charge in [-0.1, -0.05) is 15.9 Å². The van der Waals surface area contributed by atoms with Gasteiger partial charge in [-0.25, -0.2) is 4.98 Å². The maximum atomic E-state index is 12.1. The number of nitrogens with one attached hydrogen (secondary N) is 1. The average Bonchev–Trinajstić information content (AvgIpc) is 2.50. The van der Waals surface area contributed by atoms with Gasteiger partial charge in [0.15, 0.2) is 0 Å². The van der Waals surface area contributed by atoms with E-state index in [1.54, 1.807) is 24.1 Å². The summed E-state index contributed by atoms with van der Waals surface area (Å²) >= 11 is 3.39. The van der Waals surface area contributed by atoms with Crippen molar-refractivity contribution in [2.24, 2.45) is 0 Å². The molecule has 22 heavy (non-hydrogen) atoms. The first-order valence-corrected chi connectivity index (χ1v) is 7.42. The van der Waals surface area contributed by atoms with Crippen molar-refractivity contribution in [2.45, 2.75) is 6.92 Å². The van der Waals surface area contributed by atoms with E-state index < -0.39 is 0 Å². The molecule has 2 rings (SSSR count). The van der Waals surface area contributed by atoms with E-state index in [2.05, 4.69) is 26.2 Å². The number of pyridine rings is 1. The molecule has 0 aliphatic rings. The molecular formula is C16H15BrN4O. The molecule has 2 aromatic rings. The molecule has 0 bridgehead atoms. The summed E-state index contributed by atoms with van der Waals surface area (Å²) in [6.45, 7) is 2.11. The summed E-state index contributed by atoms with van der Waals surface area (Å²) in [6.07, 6.45) is 1.49. The lowest BCUT2D eigenvalue weighted by Crippen LogP contribution is -2.30. The molecule has 1 amide bonds. The molecule has 1 N–H and O–H groups in total. The van der Waals surface area contributed by atoms with Crippen LogP contribution in [-0.4, -0.2) is 24.5 Å². The number of benzene rings is 1. The maximum Gasteiger partial charge on any atom is 0.243 e. The third-order valence-electron chi connectivity index (χ3n) is 3.11. The first kappa shape index (κ1) is 16.0. The summed E-state index contributed by atoms with van der Waals surface area (Å²) < 4.78 is 0.974. The normalized spacial score (nSPS) is 9.91. The van der Waals surface area contributed by atoms with E-state index in [1.165, 1.54) is 6.20 Å². The zero-order valence-electron chi connectivity index (χ0n) is 12.3. The van der Waals surface area contributed by atoms with Crippen LogP contribution in [0.2, 0.25) is 0 Å². The molecule has 5 nitrogen and oxygen atoms in total. The molecule has 1 aromatic carbocycles. The van der Waals surface area contributed by atoms with Crippen LogP contribution in [0.15, 0.2) is 41.0 Å². The second-order valence-corrected chi connectivity index (χ2v) is 5.80. The molecule has 0 spiro atoms. The first-order valence-electron chi connectivity index (χ1n) is 6.63. The Morgan fingerprint density at radius 3 is 2.77 bits per heavy atom. The zero-order chi connectivity index (χ0) is 16.1. The van der Waals surface area contributed by atoms with E-state index in [9.17, 15) is 4.79 Å². The predicted molar refractivity (Wildman–Crippen MR) is 89.7 cm³/mol. The Morgan fingerprint density at radius 2 is 2.18 bits per heavy atom. The SMILES string of the molecule is Cc1cc(Br)ccc1NC(=O)CN(C)c1ccc(C#N)cn1. The van der Waals surface area contributed by atoms with Gasteiger partial charge < -0.3 is 10.2 Å². The van der Waals surface area contributed by atoms with Crippen molar-refractivity contribution in [2.75, 3.05) is 23.8 Å². The topological polar surface area (TPSA) is 69.0 Å². The van der Waals surface area contributed by atoms with Gasteiger partial charge in [0.1, 0.15) is 11.9 Å². The number of carbonyl (C=O) groups excluding carboxylic acids is 1. The van der Waals surface area contributed by atoms with Crippen LogP contribution in [0, 0.1) is 18.3 Å². The summed E-state index contributed by atoms with van der Waals surface area (Å²) in [4.78, 5) is 18.0. The Balaban J connectivity index is 2.00. The minimum atomic E-state index is -0.126. The fourth-order valence-electron chi connectivity index (χ4n) is 1.93. The molecule has 0 saturated carbocycles. The fourth-order valence-corrected chi connectivity index (χ4v) is 2.41. The summed E-state index contributed by atoms with van der Waals surface area (Å²) in [7, 11) is 1.78. The number of likely N-dealkylation sites (N-methyl/N-ethyl adjacent to an activating group) is 1. The van der Waals surface area contributed by atoms with Crippen molar-refractivity contribution < 1.29 is 4.79 Å². The Kier molecular flexibility index (Phi) is 5.12. The van der Waals surface area contributed by atoms with Gasteiger partial charge >= 0.3 is 0 Å². The summed E-state index contributed by atoms with van der Waals surface area (Å²) in [5, 5.41) is 11.6. The molecule has 0 fully saturated rings. The van der Waals surface area contributed by atoms with E-state index in [1.807, 2.05) is 31.2 Å². The number of hydrogen-bond acceptors (Lipinski definition) is 4. The van der Waals surface area contributed by atoms with Crippen LogP contribution in [-0.2, 0) is 4.79 Å². The van der Waals surface area contributed by atoms with E-state index >= 15 is 0 Å². The Labute approximate surface area is 137 Å². The Morgan fingerprint density at radius 1 is 1.41 bits per heavy atom. The third-order valence-corrected chi connectivity index (χ3v) is 3.60. The molecule has 112 valence electrons. The van der Waals surface area contributed by atoms with Crippen molar-refractivity contribution in [1.29, 1.82) is 5.26 Å².